The molecule has 14 nitrogen and oxygen atoms in total. The van der Waals surface area contributed by atoms with Gasteiger partial charge in [-0.2, -0.15) is 0 Å². The number of alkyl carbamates (subject to hydrolysis) is 2. The predicted molar refractivity (Wildman–Crippen MR) is 237 cm³/mol. The van der Waals surface area contributed by atoms with Crippen molar-refractivity contribution in [1.29, 1.82) is 0 Å². The van der Waals surface area contributed by atoms with E-state index in [9.17, 15) is 28.8 Å². The molecule has 0 unspecified atom stereocenters. The summed E-state index contributed by atoms with van der Waals surface area (Å²) in [6, 6.07) is 15.4. The highest BCUT2D eigenvalue weighted by molar-refractivity contribution is 5.91. The molecule has 4 aliphatic heterocycles. The van der Waals surface area contributed by atoms with Crippen LogP contribution in [0, 0.1) is 25.7 Å². The number of aryl methyl sites for hydroxylation is 2. The minimum absolute atomic E-state index is 0.0277. The van der Waals surface area contributed by atoms with Gasteiger partial charge in [-0.15, -0.1) is 0 Å². The van der Waals surface area contributed by atoms with Crippen molar-refractivity contribution < 1.29 is 38.2 Å². The van der Waals surface area contributed by atoms with Gasteiger partial charge in [0.2, 0.25) is 23.6 Å². The third-order valence-electron chi connectivity index (χ3n) is 11.7. The third kappa shape index (κ3) is 14.5. The molecule has 14 heteroatoms. The van der Waals surface area contributed by atoms with Gasteiger partial charge in [-0.1, -0.05) is 59.7 Å². The van der Waals surface area contributed by atoms with E-state index in [1.165, 1.54) is 11.1 Å². The van der Waals surface area contributed by atoms with Gasteiger partial charge < -0.3 is 39.7 Å². The average molecular weight is 859 g/mol. The second kappa shape index (κ2) is 21.3. The Bertz CT molecular complexity index is 1740. The first-order valence-electron chi connectivity index (χ1n) is 22.5. The van der Waals surface area contributed by atoms with Crippen LogP contribution in [-0.4, -0.2) is 118 Å². The second-order valence-electron chi connectivity index (χ2n) is 19.5. The number of piperidine rings is 2. The number of nitrogens with zero attached hydrogens (tertiary/aromatic N) is 4. The fourth-order valence-electron chi connectivity index (χ4n) is 8.53. The van der Waals surface area contributed by atoms with Crippen LogP contribution in [0.15, 0.2) is 48.5 Å². The number of nitrogens with one attached hydrogen (secondary N) is 2. The van der Waals surface area contributed by atoms with E-state index in [0.29, 0.717) is 78.0 Å². The number of likely N-dealkylation sites (tertiary alicyclic amines) is 4. The van der Waals surface area contributed by atoms with Crippen LogP contribution >= 0.6 is 0 Å². The van der Waals surface area contributed by atoms with Crippen LogP contribution in [-0.2, 0) is 41.7 Å². The van der Waals surface area contributed by atoms with Crippen molar-refractivity contribution in [3.8, 4) is 0 Å². The van der Waals surface area contributed by atoms with Crippen molar-refractivity contribution in [2.45, 2.75) is 143 Å². The summed E-state index contributed by atoms with van der Waals surface area (Å²) in [6.07, 6.45) is 4.81. The van der Waals surface area contributed by atoms with E-state index in [2.05, 4.69) is 10.6 Å². The predicted octanol–water partition coefficient (Wildman–Crippen LogP) is 6.50. The Balaban J connectivity index is 0.000000234. The van der Waals surface area contributed by atoms with Crippen LogP contribution in [0.3, 0.4) is 0 Å². The number of amides is 6. The van der Waals surface area contributed by atoms with E-state index >= 15 is 0 Å². The maximum atomic E-state index is 13.3. The lowest BCUT2D eigenvalue weighted by atomic mass is 9.97. The van der Waals surface area contributed by atoms with Crippen LogP contribution in [0.25, 0.3) is 0 Å². The fraction of sp³-hybridized carbons (Fsp3) is 0.625. The van der Waals surface area contributed by atoms with E-state index in [4.69, 9.17) is 9.47 Å². The molecule has 0 radical (unpaired) electrons. The van der Waals surface area contributed by atoms with Crippen molar-refractivity contribution in [1.82, 2.24) is 30.2 Å². The van der Waals surface area contributed by atoms with E-state index in [1.807, 2.05) is 114 Å². The molecule has 2 aromatic rings. The Kier molecular flexibility index (Phi) is 16.4. The molecule has 340 valence electrons. The first-order chi connectivity index (χ1) is 29.2. The van der Waals surface area contributed by atoms with Crippen LogP contribution < -0.4 is 10.6 Å². The Labute approximate surface area is 368 Å². The highest BCUT2D eigenvalue weighted by atomic mass is 16.6. The topological polar surface area (TPSA) is 158 Å². The lowest BCUT2D eigenvalue weighted by Crippen LogP contribution is -2.51. The van der Waals surface area contributed by atoms with Gasteiger partial charge in [0, 0.05) is 65.2 Å². The molecule has 4 fully saturated rings. The zero-order valence-corrected chi connectivity index (χ0v) is 38.3. The molecular weight excluding hydrogens is 789 g/mol. The molecule has 4 heterocycles. The third-order valence-corrected chi connectivity index (χ3v) is 11.7. The lowest BCUT2D eigenvalue weighted by Gasteiger charge is -2.36. The molecule has 4 atom stereocenters. The number of carbonyl (C=O) groups is 6. The smallest absolute Gasteiger partial charge is 0.407 e. The van der Waals surface area contributed by atoms with Crippen molar-refractivity contribution >= 4 is 35.8 Å². The molecule has 0 aliphatic carbocycles. The molecule has 2 N–H and O–H groups in total. The average Bonchev–Trinajstić information content (AvgIpc) is 3.76. The molecular formula is C48H70N6O8. The number of ether oxygens (including phenoxy) is 2. The summed E-state index contributed by atoms with van der Waals surface area (Å²) >= 11 is 0. The summed E-state index contributed by atoms with van der Waals surface area (Å²) < 4.78 is 10.6. The maximum Gasteiger partial charge on any atom is 0.407 e. The summed E-state index contributed by atoms with van der Waals surface area (Å²) in [4.78, 5) is 82.7. The largest absolute Gasteiger partial charge is 0.444 e. The molecule has 2 aromatic carbocycles. The minimum atomic E-state index is -0.533. The van der Waals surface area contributed by atoms with Crippen molar-refractivity contribution in [2.75, 3.05) is 39.3 Å². The molecule has 0 saturated carbocycles. The van der Waals surface area contributed by atoms with Gasteiger partial charge in [0.15, 0.2) is 0 Å². The van der Waals surface area contributed by atoms with Crippen molar-refractivity contribution in [3.05, 3.63) is 70.8 Å². The van der Waals surface area contributed by atoms with Gasteiger partial charge in [0.05, 0.1) is 0 Å². The van der Waals surface area contributed by atoms with Gasteiger partial charge in [-0.25, -0.2) is 9.59 Å². The fourth-order valence-corrected chi connectivity index (χ4v) is 8.53. The van der Waals surface area contributed by atoms with Crippen molar-refractivity contribution in [2.24, 2.45) is 11.8 Å². The number of rotatable bonds is 10. The lowest BCUT2D eigenvalue weighted by molar-refractivity contribution is -0.143. The second-order valence-corrected chi connectivity index (χ2v) is 19.5. The Hall–Kier alpha value is -5.14. The molecule has 0 bridgehead atoms. The van der Waals surface area contributed by atoms with Crippen LogP contribution in [0.4, 0.5) is 9.59 Å². The monoisotopic (exact) mass is 859 g/mol. The summed E-state index contributed by atoms with van der Waals surface area (Å²) in [7, 11) is 0. The zero-order valence-electron chi connectivity index (χ0n) is 38.3. The van der Waals surface area contributed by atoms with Gasteiger partial charge in [0.1, 0.15) is 23.3 Å². The Morgan fingerprint density at radius 3 is 1.27 bits per heavy atom. The number of benzene rings is 2. The summed E-state index contributed by atoms with van der Waals surface area (Å²) in [5, 5.41) is 5.65. The first kappa shape index (κ1) is 47.9. The van der Waals surface area contributed by atoms with E-state index in [-0.39, 0.29) is 35.5 Å². The van der Waals surface area contributed by atoms with Crippen molar-refractivity contribution in [3.63, 3.8) is 0 Å². The maximum absolute atomic E-state index is 13.3. The van der Waals surface area contributed by atoms with Gasteiger partial charge in [0.25, 0.3) is 0 Å². The normalized spacial score (nSPS) is 21.9. The van der Waals surface area contributed by atoms with Gasteiger partial charge in [-0.05, 0) is 117 Å². The highest BCUT2D eigenvalue weighted by Crippen LogP contribution is 2.28. The molecule has 62 heavy (non-hydrogen) atoms. The number of hydrogen-bond donors (Lipinski definition) is 2. The van der Waals surface area contributed by atoms with Crippen LogP contribution in [0.5, 0.6) is 0 Å². The SMILES string of the molecule is Cc1ccc(CN2C(=O)CC[C@H]2C(=O)N2CCC[C@@H](CNC(=O)OC(C)(C)C)C2)cc1.Cc1ccc(CN2C(=O)CC[C@H]2C(=O)N2CCC[C@H](CNC(=O)OC(C)(C)C)C2)cc1. The van der Waals surface area contributed by atoms with E-state index < -0.39 is 35.5 Å². The first-order valence-corrected chi connectivity index (χ1v) is 22.5. The van der Waals surface area contributed by atoms with Gasteiger partial charge in [-0.3, -0.25) is 19.2 Å². The standard InChI is InChI=1S/2C24H35N3O4/c2*1-17-7-9-18(10-8-17)16-27-20(11-12-21(27)28)22(29)26-13-5-6-19(15-26)14-25-23(30)31-24(2,3)4/h2*7-10,19-20H,5-6,11-16H2,1-4H3,(H,25,30)/t19-,20+;19-,20-/m10/s1. The summed E-state index contributed by atoms with van der Waals surface area (Å²) in [5.74, 6) is 0.513. The Morgan fingerprint density at radius 1 is 0.581 bits per heavy atom. The Morgan fingerprint density at radius 2 is 0.935 bits per heavy atom. The quantitative estimate of drug-likeness (QED) is 0.274. The molecule has 4 aliphatic rings. The van der Waals surface area contributed by atoms with Crippen LogP contribution in [0.2, 0.25) is 0 Å². The highest BCUT2D eigenvalue weighted by Gasteiger charge is 2.41. The number of hydrogen-bond acceptors (Lipinski definition) is 8. The summed E-state index contributed by atoms with van der Waals surface area (Å²) in [5.41, 5.74) is 3.35. The van der Waals surface area contributed by atoms with Gasteiger partial charge >= 0.3 is 12.2 Å². The molecule has 4 saturated heterocycles. The minimum Gasteiger partial charge on any atom is -0.444 e. The molecule has 0 spiro atoms. The van der Waals surface area contributed by atoms with E-state index in [1.54, 1.807) is 9.80 Å². The molecule has 6 amide bonds. The zero-order chi connectivity index (χ0) is 45.2. The number of carbonyl (C=O) groups excluding carboxylic acids is 6. The van der Waals surface area contributed by atoms with E-state index in [0.717, 1.165) is 36.8 Å². The summed E-state index contributed by atoms with van der Waals surface area (Å²) in [6.45, 7) is 19.5. The molecule has 0 aromatic heterocycles. The molecule has 6 rings (SSSR count). The van der Waals surface area contributed by atoms with Crippen LogP contribution in [0.1, 0.15) is 115 Å².